The normalized spacial score (nSPS) is 11.3. The van der Waals surface area contributed by atoms with Crippen LogP contribution in [0.2, 0.25) is 0 Å². The molecule has 0 rings (SSSR count). The molecule has 0 aromatic rings. The first kappa shape index (κ1) is 6.08. The summed E-state index contributed by atoms with van der Waals surface area (Å²) in [6, 6.07) is 0. The van der Waals surface area contributed by atoms with Crippen LogP contribution in [0, 0.1) is 0 Å². The SMILES string of the molecule is C=C(O)/C(O)=C\C. The number of rotatable bonds is 1. The van der Waals surface area contributed by atoms with Gasteiger partial charge in [0.1, 0.15) is 5.76 Å². The van der Waals surface area contributed by atoms with Gasteiger partial charge in [0.05, 0.1) is 0 Å². The molecule has 7 heavy (non-hydrogen) atoms. The highest BCUT2D eigenvalue weighted by Gasteiger charge is 1.88. The fourth-order valence-corrected chi connectivity index (χ4v) is 0.167. The summed E-state index contributed by atoms with van der Waals surface area (Å²) in [4.78, 5) is 0. The summed E-state index contributed by atoms with van der Waals surface area (Å²) in [7, 11) is 0. The van der Waals surface area contributed by atoms with Crippen molar-refractivity contribution in [1.29, 1.82) is 0 Å². The lowest BCUT2D eigenvalue weighted by Gasteiger charge is -1.89. The molecule has 0 spiro atoms. The van der Waals surface area contributed by atoms with Crippen molar-refractivity contribution in [2.75, 3.05) is 0 Å². The molecular formula is C5H8O2. The second-order valence-corrected chi connectivity index (χ2v) is 1.12. The van der Waals surface area contributed by atoms with E-state index < -0.39 is 0 Å². The summed E-state index contributed by atoms with van der Waals surface area (Å²) in [5.74, 6) is -0.456. The number of allylic oxidation sites excluding steroid dienone is 1. The highest BCUT2D eigenvalue weighted by molar-refractivity contribution is 5.11. The summed E-state index contributed by atoms with van der Waals surface area (Å²) in [6.07, 6.45) is 1.36. The minimum Gasteiger partial charge on any atom is -0.505 e. The van der Waals surface area contributed by atoms with Crippen molar-refractivity contribution < 1.29 is 10.2 Å². The molecule has 0 saturated carbocycles. The Kier molecular flexibility index (Phi) is 1.99. The van der Waals surface area contributed by atoms with E-state index in [0.29, 0.717) is 0 Å². The molecule has 0 unspecified atom stereocenters. The Balaban J connectivity index is 3.82. The van der Waals surface area contributed by atoms with E-state index in [2.05, 4.69) is 6.58 Å². The van der Waals surface area contributed by atoms with E-state index in [0.717, 1.165) is 0 Å². The molecule has 0 saturated heterocycles. The fraction of sp³-hybridized carbons (Fsp3) is 0.200. The van der Waals surface area contributed by atoms with Crippen LogP contribution >= 0.6 is 0 Å². The van der Waals surface area contributed by atoms with Gasteiger partial charge in [-0.15, -0.1) is 0 Å². The highest BCUT2D eigenvalue weighted by atomic mass is 16.3. The smallest absolute Gasteiger partial charge is 0.152 e. The van der Waals surface area contributed by atoms with Gasteiger partial charge in [0.2, 0.25) is 0 Å². The van der Waals surface area contributed by atoms with Gasteiger partial charge in [0.15, 0.2) is 5.76 Å². The van der Waals surface area contributed by atoms with Crippen molar-refractivity contribution >= 4 is 0 Å². The Morgan fingerprint density at radius 1 is 1.57 bits per heavy atom. The Morgan fingerprint density at radius 3 is 2.00 bits per heavy atom. The van der Waals surface area contributed by atoms with Crippen molar-refractivity contribution in [3.05, 3.63) is 24.2 Å². The average Bonchev–Trinajstić information content (AvgIpc) is 1.65. The first-order chi connectivity index (χ1) is 3.18. The molecular weight excluding hydrogens is 92.1 g/mol. The van der Waals surface area contributed by atoms with Crippen molar-refractivity contribution in [3.8, 4) is 0 Å². The number of aliphatic hydroxyl groups excluding tert-OH is 2. The fourth-order valence-electron chi connectivity index (χ4n) is 0.167. The maximum Gasteiger partial charge on any atom is 0.152 e. The van der Waals surface area contributed by atoms with Crippen LogP contribution in [0.15, 0.2) is 24.2 Å². The van der Waals surface area contributed by atoms with E-state index in [-0.39, 0.29) is 11.5 Å². The van der Waals surface area contributed by atoms with Crippen LogP contribution in [0.3, 0.4) is 0 Å². The third-order valence-corrected chi connectivity index (χ3v) is 0.569. The molecule has 0 bridgehead atoms. The molecule has 0 fully saturated rings. The second kappa shape index (κ2) is 2.29. The largest absolute Gasteiger partial charge is 0.505 e. The zero-order valence-corrected chi connectivity index (χ0v) is 4.18. The van der Waals surface area contributed by atoms with Gasteiger partial charge >= 0.3 is 0 Å². The highest BCUT2D eigenvalue weighted by Crippen LogP contribution is 1.95. The lowest BCUT2D eigenvalue weighted by atomic mass is 10.4. The van der Waals surface area contributed by atoms with Crippen LogP contribution in [0.25, 0.3) is 0 Å². The first-order valence-corrected chi connectivity index (χ1v) is 1.92. The standard InChI is InChI=1S/C5H8O2/c1-3-5(7)4(2)6/h3,6-7H,2H2,1H3/b5-3+. The van der Waals surface area contributed by atoms with Crippen LogP contribution in [0.5, 0.6) is 0 Å². The Morgan fingerprint density at radius 2 is 2.00 bits per heavy atom. The summed E-state index contributed by atoms with van der Waals surface area (Å²) in [5.41, 5.74) is 0. The lowest BCUT2D eigenvalue weighted by molar-refractivity contribution is 0.328. The van der Waals surface area contributed by atoms with Crippen LogP contribution < -0.4 is 0 Å². The van der Waals surface area contributed by atoms with Gasteiger partial charge in [-0.2, -0.15) is 0 Å². The number of hydrogen-bond donors (Lipinski definition) is 2. The third kappa shape index (κ3) is 1.87. The molecule has 40 valence electrons. The van der Waals surface area contributed by atoms with Crippen LogP contribution in [-0.4, -0.2) is 10.2 Å². The summed E-state index contributed by atoms with van der Waals surface area (Å²) in [5, 5.41) is 16.8. The molecule has 0 aromatic heterocycles. The van der Waals surface area contributed by atoms with Crippen molar-refractivity contribution in [2.45, 2.75) is 6.92 Å². The Hall–Kier alpha value is -0.920. The number of aliphatic hydroxyl groups is 2. The van der Waals surface area contributed by atoms with E-state index >= 15 is 0 Å². The van der Waals surface area contributed by atoms with Gasteiger partial charge in [-0.25, -0.2) is 0 Å². The minimum atomic E-state index is -0.289. The molecule has 0 aromatic carbocycles. The molecule has 2 heteroatoms. The van der Waals surface area contributed by atoms with E-state index in [1.165, 1.54) is 6.08 Å². The molecule has 0 radical (unpaired) electrons. The van der Waals surface area contributed by atoms with Crippen LogP contribution in [0.1, 0.15) is 6.92 Å². The number of hydrogen-bond acceptors (Lipinski definition) is 2. The summed E-state index contributed by atoms with van der Waals surface area (Å²) in [6.45, 7) is 4.67. The predicted molar refractivity (Wildman–Crippen MR) is 28.2 cm³/mol. The molecule has 0 atom stereocenters. The predicted octanol–water partition coefficient (Wildman–Crippen LogP) is 1.52. The zero-order chi connectivity index (χ0) is 5.86. The maximum absolute atomic E-state index is 8.45. The van der Waals surface area contributed by atoms with Gasteiger partial charge in [-0.1, -0.05) is 6.58 Å². The van der Waals surface area contributed by atoms with Crippen molar-refractivity contribution in [3.63, 3.8) is 0 Å². The van der Waals surface area contributed by atoms with Crippen LogP contribution in [-0.2, 0) is 0 Å². The monoisotopic (exact) mass is 100 g/mol. The zero-order valence-electron chi connectivity index (χ0n) is 4.18. The Bertz CT molecular complexity index is 103. The van der Waals surface area contributed by atoms with E-state index in [1.54, 1.807) is 6.92 Å². The molecule has 0 aliphatic rings. The summed E-state index contributed by atoms with van der Waals surface area (Å²) < 4.78 is 0. The first-order valence-electron chi connectivity index (χ1n) is 1.92. The second-order valence-electron chi connectivity index (χ2n) is 1.12. The van der Waals surface area contributed by atoms with Gasteiger partial charge in [-0.3, -0.25) is 0 Å². The van der Waals surface area contributed by atoms with Gasteiger partial charge < -0.3 is 10.2 Å². The van der Waals surface area contributed by atoms with Crippen molar-refractivity contribution in [2.24, 2.45) is 0 Å². The van der Waals surface area contributed by atoms with E-state index in [9.17, 15) is 0 Å². The van der Waals surface area contributed by atoms with Crippen LogP contribution in [0.4, 0.5) is 0 Å². The lowest BCUT2D eigenvalue weighted by Crippen LogP contribution is -1.80. The summed E-state index contributed by atoms with van der Waals surface area (Å²) >= 11 is 0. The molecule has 0 aliphatic heterocycles. The molecule has 2 N–H and O–H groups in total. The minimum absolute atomic E-state index is 0.167. The van der Waals surface area contributed by atoms with E-state index in [4.69, 9.17) is 10.2 Å². The third-order valence-electron chi connectivity index (χ3n) is 0.569. The van der Waals surface area contributed by atoms with Gasteiger partial charge in [0, 0.05) is 0 Å². The van der Waals surface area contributed by atoms with E-state index in [1.807, 2.05) is 0 Å². The molecule has 0 amide bonds. The topological polar surface area (TPSA) is 40.5 Å². The van der Waals surface area contributed by atoms with Gasteiger partial charge in [-0.05, 0) is 13.0 Å². The quantitative estimate of drug-likeness (QED) is 0.387. The van der Waals surface area contributed by atoms with Crippen molar-refractivity contribution in [1.82, 2.24) is 0 Å². The van der Waals surface area contributed by atoms with Gasteiger partial charge in [0.25, 0.3) is 0 Å². The molecule has 0 aliphatic carbocycles. The Labute approximate surface area is 42.4 Å². The maximum atomic E-state index is 8.45. The molecule has 2 nitrogen and oxygen atoms in total. The average molecular weight is 100 g/mol. The molecule has 0 heterocycles.